The minimum absolute atomic E-state index is 0.177. The van der Waals surface area contributed by atoms with Crippen molar-refractivity contribution in [3.63, 3.8) is 0 Å². The number of carbonyl (C=O) groups is 1. The molecule has 0 aliphatic carbocycles. The van der Waals surface area contributed by atoms with Gasteiger partial charge in [-0.05, 0) is 43.3 Å². The van der Waals surface area contributed by atoms with E-state index in [9.17, 15) is 4.79 Å². The number of rotatable bonds is 3. The van der Waals surface area contributed by atoms with Gasteiger partial charge in [-0.1, -0.05) is 30.3 Å². The molecule has 7 heteroatoms. The van der Waals surface area contributed by atoms with Gasteiger partial charge in [0, 0.05) is 22.2 Å². The maximum absolute atomic E-state index is 12.5. The van der Waals surface area contributed by atoms with E-state index in [2.05, 4.69) is 25.6 Å². The molecule has 0 bridgehead atoms. The van der Waals surface area contributed by atoms with Crippen LogP contribution < -0.4 is 5.32 Å². The molecule has 5 aromatic rings. The fraction of sp³-hybridized carbons (Fsp3) is 0.0476. The SMILES string of the molecule is Cc1nnc2ccc(-c3ccc(NC(=O)c4cc5ccccc5[nH]4)cc3)nn12. The first-order chi connectivity index (χ1) is 13.7. The van der Waals surface area contributed by atoms with Crippen LogP contribution in [-0.2, 0) is 0 Å². The summed E-state index contributed by atoms with van der Waals surface area (Å²) >= 11 is 0. The molecule has 5 rings (SSSR count). The van der Waals surface area contributed by atoms with Crippen LogP contribution in [0.15, 0.2) is 66.7 Å². The summed E-state index contributed by atoms with van der Waals surface area (Å²) in [5.41, 5.74) is 4.65. The standard InChI is InChI=1S/C21H16N6O/c1-13-24-25-20-11-10-18(26-27(13)20)14-6-8-16(9-7-14)22-21(28)19-12-15-4-2-3-5-17(15)23-19/h2-12,23H,1H3,(H,22,28). The summed E-state index contributed by atoms with van der Waals surface area (Å²) in [6, 6.07) is 21.0. The van der Waals surface area contributed by atoms with Crippen molar-refractivity contribution in [2.24, 2.45) is 0 Å². The van der Waals surface area contributed by atoms with Crippen LogP contribution in [0.5, 0.6) is 0 Å². The van der Waals surface area contributed by atoms with Gasteiger partial charge in [0.1, 0.15) is 5.69 Å². The van der Waals surface area contributed by atoms with E-state index >= 15 is 0 Å². The van der Waals surface area contributed by atoms with E-state index < -0.39 is 0 Å². The third-order valence-corrected chi connectivity index (χ3v) is 4.63. The van der Waals surface area contributed by atoms with Crippen LogP contribution in [0.4, 0.5) is 5.69 Å². The van der Waals surface area contributed by atoms with Gasteiger partial charge < -0.3 is 10.3 Å². The number of para-hydroxylation sites is 1. The number of anilines is 1. The van der Waals surface area contributed by atoms with Crippen molar-refractivity contribution in [1.29, 1.82) is 0 Å². The normalized spacial score (nSPS) is 11.2. The first kappa shape index (κ1) is 16.2. The van der Waals surface area contributed by atoms with Gasteiger partial charge >= 0.3 is 0 Å². The second-order valence-corrected chi connectivity index (χ2v) is 6.54. The number of carbonyl (C=O) groups excluding carboxylic acids is 1. The molecular formula is C21H16N6O. The van der Waals surface area contributed by atoms with Crippen molar-refractivity contribution in [2.45, 2.75) is 6.92 Å². The molecule has 2 N–H and O–H groups in total. The predicted octanol–water partition coefficient (Wildman–Crippen LogP) is 3.83. The average Bonchev–Trinajstić information content (AvgIpc) is 3.32. The highest BCUT2D eigenvalue weighted by atomic mass is 16.1. The fourth-order valence-corrected chi connectivity index (χ4v) is 3.17. The largest absolute Gasteiger partial charge is 0.351 e. The quantitative estimate of drug-likeness (QED) is 0.506. The van der Waals surface area contributed by atoms with Gasteiger partial charge in [0.25, 0.3) is 5.91 Å². The van der Waals surface area contributed by atoms with E-state index in [-0.39, 0.29) is 5.91 Å². The number of amides is 1. The number of hydrogen-bond acceptors (Lipinski definition) is 4. The Bertz CT molecular complexity index is 1280. The highest BCUT2D eigenvalue weighted by molar-refractivity contribution is 6.06. The van der Waals surface area contributed by atoms with Crippen molar-refractivity contribution in [3.05, 3.63) is 78.2 Å². The van der Waals surface area contributed by atoms with Gasteiger partial charge in [-0.15, -0.1) is 10.2 Å². The molecule has 0 unspecified atom stereocenters. The Labute approximate surface area is 160 Å². The van der Waals surface area contributed by atoms with E-state index in [4.69, 9.17) is 0 Å². The van der Waals surface area contributed by atoms with Crippen molar-refractivity contribution >= 4 is 28.1 Å². The van der Waals surface area contributed by atoms with Crippen molar-refractivity contribution in [3.8, 4) is 11.3 Å². The molecule has 136 valence electrons. The number of nitrogens with zero attached hydrogens (tertiary/aromatic N) is 4. The van der Waals surface area contributed by atoms with Crippen LogP contribution in [0, 0.1) is 6.92 Å². The molecule has 0 radical (unpaired) electrons. The number of nitrogens with one attached hydrogen (secondary N) is 2. The number of aromatic amines is 1. The summed E-state index contributed by atoms with van der Waals surface area (Å²) in [6.07, 6.45) is 0. The van der Waals surface area contributed by atoms with Crippen LogP contribution >= 0.6 is 0 Å². The average molecular weight is 368 g/mol. The molecule has 3 heterocycles. The highest BCUT2D eigenvalue weighted by Gasteiger charge is 2.10. The number of hydrogen-bond donors (Lipinski definition) is 2. The van der Waals surface area contributed by atoms with Gasteiger partial charge in [-0.2, -0.15) is 9.61 Å². The lowest BCUT2D eigenvalue weighted by Gasteiger charge is -2.06. The smallest absolute Gasteiger partial charge is 0.272 e. The van der Waals surface area contributed by atoms with Gasteiger partial charge in [-0.25, -0.2) is 0 Å². The number of aromatic nitrogens is 5. The molecule has 0 atom stereocenters. The number of aryl methyl sites for hydroxylation is 1. The Morgan fingerprint density at radius 3 is 2.64 bits per heavy atom. The molecule has 0 aliphatic rings. The van der Waals surface area contributed by atoms with E-state index in [1.807, 2.05) is 73.7 Å². The summed E-state index contributed by atoms with van der Waals surface area (Å²) in [5, 5.41) is 16.6. The van der Waals surface area contributed by atoms with Crippen LogP contribution in [0.3, 0.4) is 0 Å². The highest BCUT2D eigenvalue weighted by Crippen LogP contribution is 2.21. The Kier molecular flexibility index (Phi) is 3.65. The topological polar surface area (TPSA) is 88.0 Å². The van der Waals surface area contributed by atoms with Gasteiger partial charge in [0.2, 0.25) is 0 Å². The number of H-pyrrole nitrogens is 1. The third-order valence-electron chi connectivity index (χ3n) is 4.63. The molecule has 0 aliphatic heterocycles. The van der Waals surface area contributed by atoms with Crippen molar-refractivity contribution in [1.82, 2.24) is 24.8 Å². The molecule has 0 saturated heterocycles. The van der Waals surface area contributed by atoms with Crippen LogP contribution in [0.1, 0.15) is 16.3 Å². The van der Waals surface area contributed by atoms with Crippen molar-refractivity contribution < 1.29 is 4.79 Å². The molecule has 3 aromatic heterocycles. The zero-order valence-corrected chi connectivity index (χ0v) is 15.0. The molecule has 28 heavy (non-hydrogen) atoms. The number of benzene rings is 2. The van der Waals surface area contributed by atoms with E-state index in [1.165, 1.54) is 0 Å². The predicted molar refractivity (Wildman–Crippen MR) is 107 cm³/mol. The first-order valence-corrected chi connectivity index (χ1v) is 8.86. The Morgan fingerprint density at radius 2 is 1.82 bits per heavy atom. The molecule has 7 nitrogen and oxygen atoms in total. The molecule has 0 spiro atoms. The summed E-state index contributed by atoms with van der Waals surface area (Å²) < 4.78 is 1.71. The Hall–Kier alpha value is -4.00. The minimum Gasteiger partial charge on any atom is -0.351 e. The lowest BCUT2D eigenvalue weighted by Crippen LogP contribution is -2.12. The maximum Gasteiger partial charge on any atom is 0.272 e. The summed E-state index contributed by atoms with van der Waals surface area (Å²) in [7, 11) is 0. The van der Waals surface area contributed by atoms with Gasteiger partial charge in [0.15, 0.2) is 11.5 Å². The molecule has 0 fully saturated rings. The van der Waals surface area contributed by atoms with E-state index in [0.717, 1.165) is 28.0 Å². The molecule has 2 aromatic carbocycles. The van der Waals surface area contributed by atoms with Crippen molar-refractivity contribution in [2.75, 3.05) is 5.32 Å². The van der Waals surface area contributed by atoms with Crippen LogP contribution in [0.2, 0.25) is 0 Å². The Morgan fingerprint density at radius 1 is 1.00 bits per heavy atom. The lowest BCUT2D eigenvalue weighted by atomic mass is 10.1. The van der Waals surface area contributed by atoms with E-state index in [0.29, 0.717) is 17.0 Å². The summed E-state index contributed by atoms with van der Waals surface area (Å²) in [6.45, 7) is 1.86. The Balaban J connectivity index is 1.38. The minimum atomic E-state index is -0.177. The monoisotopic (exact) mass is 368 g/mol. The lowest BCUT2D eigenvalue weighted by molar-refractivity contribution is 0.102. The van der Waals surface area contributed by atoms with Gasteiger partial charge in [-0.3, -0.25) is 4.79 Å². The number of fused-ring (bicyclic) bond motifs is 2. The maximum atomic E-state index is 12.5. The van der Waals surface area contributed by atoms with E-state index in [1.54, 1.807) is 4.52 Å². The summed E-state index contributed by atoms with van der Waals surface area (Å²) in [4.78, 5) is 15.7. The fourth-order valence-electron chi connectivity index (χ4n) is 3.17. The molecule has 0 saturated carbocycles. The third kappa shape index (κ3) is 2.79. The van der Waals surface area contributed by atoms with Crippen LogP contribution in [-0.4, -0.2) is 30.7 Å². The first-order valence-electron chi connectivity index (χ1n) is 8.86. The zero-order chi connectivity index (χ0) is 19.1. The second kappa shape index (κ2) is 6.31. The zero-order valence-electron chi connectivity index (χ0n) is 15.0. The van der Waals surface area contributed by atoms with Gasteiger partial charge in [0.05, 0.1) is 5.69 Å². The molecule has 1 amide bonds. The molecular weight excluding hydrogens is 352 g/mol. The summed E-state index contributed by atoms with van der Waals surface area (Å²) in [5.74, 6) is 0.558. The van der Waals surface area contributed by atoms with Crippen LogP contribution in [0.25, 0.3) is 27.8 Å². The second-order valence-electron chi connectivity index (χ2n) is 6.54.